The van der Waals surface area contributed by atoms with Crippen LogP contribution in [0.2, 0.25) is 0 Å². The molecule has 0 amide bonds. The molecule has 0 aliphatic rings. The lowest BCUT2D eigenvalue weighted by molar-refractivity contribution is 0.00596. The largest absolute Gasteiger partial charge is 0.456 e. The van der Waals surface area contributed by atoms with E-state index in [1.54, 1.807) is 0 Å². The van der Waals surface area contributed by atoms with Crippen LogP contribution < -0.4 is 4.74 Å². The van der Waals surface area contributed by atoms with Gasteiger partial charge < -0.3 is 4.74 Å². The predicted molar refractivity (Wildman–Crippen MR) is 101 cm³/mol. The lowest BCUT2D eigenvalue weighted by Crippen LogP contribution is -2.25. The molecule has 0 fully saturated rings. The van der Waals surface area contributed by atoms with Crippen molar-refractivity contribution < 1.29 is 22.3 Å². The predicted octanol–water partition coefficient (Wildman–Crippen LogP) is 7.89. The smallest absolute Gasteiger partial charge is 0.306 e. The number of ether oxygens (including phenoxy) is 1. The van der Waals surface area contributed by atoms with Crippen molar-refractivity contribution >= 4 is 46.4 Å². The number of rotatable bonds is 6. The highest BCUT2D eigenvalue weighted by Gasteiger charge is 2.45. The quantitative estimate of drug-likeness (QED) is 0.312. The maximum atomic E-state index is 14.5. The first-order valence-corrected chi connectivity index (χ1v) is 9.35. The second kappa shape index (κ2) is 8.24. The van der Waals surface area contributed by atoms with E-state index in [9.17, 15) is 17.6 Å². The molecular formula is C18H14Cl4F4O. The molecule has 0 N–H and O–H groups in total. The van der Waals surface area contributed by atoms with Gasteiger partial charge in [-0.05, 0) is 37.1 Å². The number of alkyl halides is 8. The van der Waals surface area contributed by atoms with E-state index in [0.717, 1.165) is 0 Å². The molecular weight excluding hydrogens is 450 g/mol. The Morgan fingerprint density at radius 2 is 1.04 bits per heavy atom. The van der Waals surface area contributed by atoms with Gasteiger partial charge in [0.2, 0.25) is 0 Å². The van der Waals surface area contributed by atoms with E-state index in [1.807, 2.05) is 0 Å². The van der Waals surface area contributed by atoms with Crippen LogP contribution in [0.25, 0.3) is 0 Å². The summed E-state index contributed by atoms with van der Waals surface area (Å²) in [5.41, 5.74) is -0.914. The maximum absolute atomic E-state index is 14.5. The van der Waals surface area contributed by atoms with Crippen molar-refractivity contribution in [1.82, 2.24) is 0 Å². The van der Waals surface area contributed by atoms with Crippen LogP contribution in [0, 0.1) is 13.8 Å². The van der Waals surface area contributed by atoms with E-state index in [1.165, 1.54) is 50.2 Å². The van der Waals surface area contributed by atoms with Crippen LogP contribution in [0.5, 0.6) is 11.5 Å². The molecule has 27 heavy (non-hydrogen) atoms. The van der Waals surface area contributed by atoms with E-state index >= 15 is 0 Å². The van der Waals surface area contributed by atoms with Crippen molar-refractivity contribution in [2.75, 3.05) is 0 Å². The van der Waals surface area contributed by atoms with Crippen molar-refractivity contribution in [3.05, 3.63) is 58.7 Å². The molecule has 0 unspecified atom stereocenters. The Hall–Kier alpha value is -0.880. The van der Waals surface area contributed by atoms with Gasteiger partial charge in [0.15, 0.2) is 9.67 Å². The summed E-state index contributed by atoms with van der Waals surface area (Å²) >= 11 is 21.7. The highest BCUT2D eigenvalue weighted by atomic mass is 35.5. The van der Waals surface area contributed by atoms with Crippen molar-refractivity contribution in [1.29, 1.82) is 0 Å². The molecule has 2 aromatic carbocycles. The van der Waals surface area contributed by atoms with E-state index < -0.39 is 32.6 Å². The van der Waals surface area contributed by atoms with Crippen LogP contribution in [-0.2, 0) is 11.8 Å². The molecule has 0 saturated heterocycles. The van der Waals surface area contributed by atoms with Gasteiger partial charge in [0, 0.05) is 0 Å². The Morgan fingerprint density at radius 3 is 1.33 bits per heavy atom. The first-order chi connectivity index (χ1) is 12.4. The summed E-state index contributed by atoms with van der Waals surface area (Å²) in [6.07, 6.45) is 0. The Balaban J connectivity index is 2.64. The van der Waals surface area contributed by atoms with Gasteiger partial charge in [-0.1, -0.05) is 70.7 Å². The van der Waals surface area contributed by atoms with Gasteiger partial charge in [-0.3, -0.25) is 0 Å². The fraction of sp³-hybridized carbons (Fsp3) is 0.333. The van der Waals surface area contributed by atoms with Crippen LogP contribution in [0.1, 0.15) is 22.3 Å². The summed E-state index contributed by atoms with van der Waals surface area (Å²) in [7, 11) is 0. The molecule has 9 heteroatoms. The third kappa shape index (κ3) is 4.42. The van der Waals surface area contributed by atoms with Crippen LogP contribution in [0.15, 0.2) is 36.4 Å². The summed E-state index contributed by atoms with van der Waals surface area (Å²) in [5, 5.41) is 0. The second-order valence-electron chi connectivity index (χ2n) is 5.85. The topological polar surface area (TPSA) is 9.23 Å². The zero-order chi connectivity index (χ0) is 20.6. The summed E-state index contributed by atoms with van der Waals surface area (Å²) < 4.78 is 63.5. The van der Waals surface area contributed by atoms with E-state index in [0.29, 0.717) is 0 Å². The van der Waals surface area contributed by atoms with Gasteiger partial charge in [-0.25, -0.2) is 0 Å². The molecule has 0 aliphatic carbocycles. The van der Waals surface area contributed by atoms with Crippen molar-refractivity contribution in [3.63, 3.8) is 0 Å². The lowest BCUT2D eigenvalue weighted by Gasteiger charge is -2.26. The number of hydrogen-bond donors (Lipinski definition) is 0. The SMILES string of the molecule is Cc1cccc(Oc2cccc(C)c2C(F)(F)C(Cl)Cl)c1C(F)(F)C(Cl)Cl. The third-order valence-corrected chi connectivity index (χ3v) is 5.00. The Labute approximate surface area is 174 Å². The minimum Gasteiger partial charge on any atom is -0.456 e. The molecule has 0 aliphatic heterocycles. The molecule has 2 aromatic rings. The number of benzene rings is 2. The van der Waals surface area contributed by atoms with Gasteiger partial charge in [-0.2, -0.15) is 17.6 Å². The molecule has 0 radical (unpaired) electrons. The van der Waals surface area contributed by atoms with Gasteiger partial charge in [0.1, 0.15) is 11.5 Å². The monoisotopic (exact) mass is 462 g/mol. The average molecular weight is 464 g/mol. The zero-order valence-electron chi connectivity index (χ0n) is 14.1. The molecule has 0 bridgehead atoms. The van der Waals surface area contributed by atoms with E-state index in [2.05, 4.69) is 0 Å². The van der Waals surface area contributed by atoms with Crippen molar-refractivity contribution in [2.24, 2.45) is 0 Å². The normalized spacial score (nSPS) is 12.7. The Kier molecular flexibility index (Phi) is 6.84. The van der Waals surface area contributed by atoms with Crippen LogP contribution >= 0.6 is 46.4 Å². The average Bonchev–Trinajstić information content (AvgIpc) is 2.54. The standard InChI is InChI=1S/C18H14Cl4F4O/c1-9-5-3-7-11(13(9)17(23,24)15(19)20)27-12-8-4-6-10(2)14(12)18(25,26)16(21)22/h3-8,15-16H,1-2H3. The fourth-order valence-corrected chi connectivity index (χ4v) is 3.08. The molecule has 0 atom stereocenters. The highest BCUT2D eigenvalue weighted by Crippen LogP contribution is 2.48. The van der Waals surface area contributed by atoms with Crippen LogP contribution in [-0.4, -0.2) is 9.67 Å². The summed E-state index contributed by atoms with van der Waals surface area (Å²) in [4.78, 5) is -4.12. The van der Waals surface area contributed by atoms with Gasteiger partial charge in [-0.15, -0.1) is 0 Å². The molecule has 0 spiro atoms. The van der Waals surface area contributed by atoms with Gasteiger partial charge in [0.05, 0.1) is 11.1 Å². The highest BCUT2D eigenvalue weighted by molar-refractivity contribution is 6.45. The maximum Gasteiger partial charge on any atom is 0.306 e. The van der Waals surface area contributed by atoms with Crippen LogP contribution in [0.3, 0.4) is 0 Å². The summed E-state index contributed by atoms with van der Waals surface area (Å²) in [6, 6.07) is 8.14. The number of hydrogen-bond acceptors (Lipinski definition) is 1. The Bertz CT molecular complexity index is 758. The molecule has 0 aromatic heterocycles. The second-order valence-corrected chi connectivity index (χ2v) is 8.04. The molecule has 2 rings (SSSR count). The molecule has 148 valence electrons. The fourth-order valence-electron chi connectivity index (χ4n) is 2.64. The van der Waals surface area contributed by atoms with Crippen molar-refractivity contribution in [2.45, 2.75) is 35.4 Å². The van der Waals surface area contributed by atoms with E-state index in [4.69, 9.17) is 51.1 Å². The summed E-state index contributed by atoms with van der Waals surface area (Å²) in [6.45, 7) is 2.82. The molecule has 0 saturated carbocycles. The molecule has 0 heterocycles. The molecule has 1 nitrogen and oxygen atoms in total. The minimum absolute atomic E-state index is 0.136. The number of halogens is 8. The first kappa shape index (κ1) is 22.4. The first-order valence-electron chi connectivity index (χ1n) is 7.60. The number of aryl methyl sites for hydroxylation is 2. The zero-order valence-corrected chi connectivity index (χ0v) is 17.1. The van der Waals surface area contributed by atoms with Gasteiger partial charge in [0.25, 0.3) is 0 Å². The van der Waals surface area contributed by atoms with Gasteiger partial charge >= 0.3 is 11.8 Å². The van der Waals surface area contributed by atoms with Crippen molar-refractivity contribution in [3.8, 4) is 11.5 Å². The van der Waals surface area contributed by atoms with E-state index in [-0.39, 0.29) is 22.6 Å². The third-order valence-electron chi connectivity index (χ3n) is 3.90. The minimum atomic E-state index is -3.67. The van der Waals surface area contributed by atoms with Crippen LogP contribution in [0.4, 0.5) is 17.6 Å². The Morgan fingerprint density at radius 1 is 0.704 bits per heavy atom. The lowest BCUT2D eigenvalue weighted by atomic mass is 10.0. The summed E-state index contributed by atoms with van der Waals surface area (Å²) in [5.74, 6) is -8.04.